The summed E-state index contributed by atoms with van der Waals surface area (Å²) in [6.45, 7) is 6.51. The van der Waals surface area contributed by atoms with Crippen molar-refractivity contribution in [3.8, 4) is 11.8 Å². The van der Waals surface area contributed by atoms with Gasteiger partial charge >= 0.3 is 0 Å². The molecule has 0 aliphatic carbocycles. The molecule has 0 heterocycles. The van der Waals surface area contributed by atoms with Crippen molar-refractivity contribution in [3.05, 3.63) is 29.3 Å². The number of nitrogens with zero attached hydrogens (tertiary/aromatic N) is 1. The zero-order chi connectivity index (χ0) is 10.6. The minimum absolute atomic E-state index is 0.112. The van der Waals surface area contributed by atoms with Gasteiger partial charge in [-0.15, -0.1) is 0 Å². The first-order valence-electron chi connectivity index (χ1n) is 4.75. The molecule has 0 unspecified atom stereocenters. The lowest BCUT2D eigenvalue weighted by Crippen LogP contribution is -1.96. The highest BCUT2D eigenvalue weighted by molar-refractivity contribution is 5.36. The number of ether oxygens (including phenoxy) is 1. The molecule has 0 N–H and O–H groups in total. The van der Waals surface area contributed by atoms with Crippen LogP contribution in [0.4, 0.5) is 0 Å². The van der Waals surface area contributed by atoms with E-state index in [4.69, 9.17) is 10.00 Å². The Morgan fingerprint density at radius 1 is 1.43 bits per heavy atom. The number of rotatable bonds is 3. The van der Waals surface area contributed by atoms with Gasteiger partial charge in [0.1, 0.15) is 11.8 Å². The lowest BCUT2D eigenvalue weighted by molar-refractivity contribution is 0.367. The van der Waals surface area contributed by atoms with E-state index in [0.717, 1.165) is 5.75 Å². The Hall–Kier alpha value is -1.49. The third kappa shape index (κ3) is 2.50. The molecular weight excluding hydrogens is 174 g/mol. The number of hydrogen-bond donors (Lipinski definition) is 0. The quantitative estimate of drug-likeness (QED) is 0.732. The molecule has 0 aliphatic heterocycles. The maximum atomic E-state index is 8.36. The van der Waals surface area contributed by atoms with Crippen molar-refractivity contribution >= 4 is 0 Å². The zero-order valence-corrected chi connectivity index (χ0v) is 8.87. The van der Waals surface area contributed by atoms with Gasteiger partial charge in [-0.05, 0) is 36.1 Å². The third-order valence-corrected chi connectivity index (χ3v) is 2.17. The highest BCUT2D eigenvalue weighted by atomic mass is 16.5. The molecule has 2 nitrogen and oxygen atoms in total. The zero-order valence-electron chi connectivity index (χ0n) is 8.87. The predicted molar refractivity (Wildman–Crippen MR) is 56.4 cm³/mol. The van der Waals surface area contributed by atoms with Gasteiger partial charge in [0.25, 0.3) is 0 Å². The van der Waals surface area contributed by atoms with Crippen LogP contribution in [-0.4, -0.2) is 6.61 Å². The van der Waals surface area contributed by atoms with E-state index < -0.39 is 0 Å². The molecule has 0 saturated carbocycles. The largest absolute Gasteiger partial charge is 0.479 e. The lowest BCUT2D eigenvalue weighted by atomic mass is 9.98. The van der Waals surface area contributed by atoms with Gasteiger partial charge in [0.15, 0.2) is 6.61 Å². The van der Waals surface area contributed by atoms with Crippen LogP contribution < -0.4 is 4.74 Å². The van der Waals surface area contributed by atoms with Crippen LogP contribution in [0.5, 0.6) is 5.75 Å². The van der Waals surface area contributed by atoms with E-state index in [9.17, 15) is 0 Å². The van der Waals surface area contributed by atoms with E-state index in [1.807, 2.05) is 18.2 Å². The van der Waals surface area contributed by atoms with Crippen LogP contribution in [-0.2, 0) is 0 Å². The van der Waals surface area contributed by atoms with Crippen molar-refractivity contribution < 1.29 is 4.74 Å². The molecule has 74 valence electrons. The fourth-order valence-electron chi connectivity index (χ4n) is 1.50. The molecule has 0 aromatic heterocycles. The normalized spacial score (nSPS) is 9.93. The SMILES string of the molecule is Cc1cc(OCC#N)ccc1C(C)C. The minimum atomic E-state index is 0.112. The van der Waals surface area contributed by atoms with Gasteiger partial charge in [-0.1, -0.05) is 19.9 Å². The summed E-state index contributed by atoms with van der Waals surface area (Å²) in [4.78, 5) is 0. The molecule has 0 saturated heterocycles. The monoisotopic (exact) mass is 189 g/mol. The molecule has 1 aromatic rings. The van der Waals surface area contributed by atoms with Gasteiger partial charge in [0.05, 0.1) is 0 Å². The first kappa shape index (κ1) is 10.6. The first-order chi connectivity index (χ1) is 6.65. The Labute approximate surface area is 85.1 Å². The average molecular weight is 189 g/mol. The highest BCUT2D eigenvalue weighted by Gasteiger charge is 2.04. The Kier molecular flexibility index (Phi) is 3.53. The van der Waals surface area contributed by atoms with Gasteiger partial charge in [-0.2, -0.15) is 5.26 Å². The Morgan fingerprint density at radius 3 is 2.64 bits per heavy atom. The molecule has 1 rings (SSSR count). The fraction of sp³-hybridized carbons (Fsp3) is 0.417. The molecule has 0 spiro atoms. The van der Waals surface area contributed by atoms with Crippen LogP contribution in [0.1, 0.15) is 30.9 Å². The molecule has 2 heteroatoms. The summed E-state index contributed by atoms with van der Waals surface area (Å²) in [7, 11) is 0. The topological polar surface area (TPSA) is 33.0 Å². The fourth-order valence-corrected chi connectivity index (χ4v) is 1.50. The van der Waals surface area contributed by atoms with Crippen LogP contribution in [0.25, 0.3) is 0 Å². The maximum Gasteiger partial charge on any atom is 0.174 e. The number of benzene rings is 1. The van der Waals surface area contributed by atoms with Crippen molar-refractivity contribution in [2.45, 2.75) is 26.7 Å². The Bertz CT molecular complexity index is 350. The summed E-state index contributed by atoms with van der Waals surface area (Å²) in [5.74, 6) is 1.30. The molecule has 14 heavy (non-hydrogen) atoms. The van der Waals surface area contributed by atoms with Gasteiger partial charge in [0, 0.05) is 0 Å². The molecule has 0 aliphatic rings. The predicted octanol–water partition coefficient (Wildman–Crippen LogP) is 3.02. The second kappa shape index (κ2) is 4.66. The highest BCUT2D eigenvalue weighted by Crippen LogP contribution is 2.23. The van der Waals surface area contributed by atoms with Crippen molar-refractivity contribution in [3.63, 3.8) is 0 Å². The van der Waals surface area contributed by atoms with Crippen LogP contribution in [0, 0.1) is 18.3 Å². The molecule has 0 amide bonds. The molecule has 0 radical (unpaired) electrons. The molecule has 0 atom stereocenters. The lowest BCUT2D eigenvalue weighted by Gasteiger charge is -2.11. The van der Waals surface area contributed by atoms with E-state index in [1.165, 1.54) is 11.1 Å². The van der Waals surface area contributed by atoms with Crippen LogP contribution in [0.2, 0.25) is 0 Å². The van der Waals surface area contributed by atoms with E-state index >= 15 is 0 Å². The first-order valence-corrected chi connectivity index (χ1v) is 4.75. The average Bonchev–Trinajstić information content (AvgIpc) is 2.14. The van der Waals surface area contributed by atoms with Gasteiger partial charge < -0.3 is 4.74 Å². The molecule has 0 bridgehead atoms. The van der Waals surface area contributed by atoms with Crippen molar-refractivity contribution in [1.29, 1.82) is 5.26 Å². The van der Waals surface area contributed by atoms with Gasteiger partial charge in [0.2, 0.25) is 0 Å². The van der Waals surface area contributed by atoms with Gasteiger partial charge in [-0.25, -0.2) is 0 Å². The van der Waals surface area contributed by atoms with E-state index in [2.05, 4.69) is 26.8 Å². The number of nitriles is 1. The smallest absolute Gasteiger partial charge is 0.174 e. The number of hydrogen-bond acceptors (Lipinski definition) is 2. The second-order valence-electron chi connectivity index (χ2n) is 3.62. The Morgan fingerprint density at radius 2 is 2.14 bits per heavy atom. The van der Waals surface area contributed by atoms with Crippen molar-refractivity contribution in [1.82, 2.24) is 0 Å². The third-order valence-electron chi connectivity index (χ3n) is 2.17. The van der Waals surface area contributed by atoms with Crippen molar-refractivity contribution in [2.24, 2.45) is 0 Å². The van der Waals surface area contributed by atoms with Gasteiger partial charge in [-0.3, -0.25) is 0 Å². The standard InChI is InChI=1S/C12H15NO/c1-9(2)12-5-4-11(8-10(12)3)14-7-6-13/h4-5,8-9H,7H2,1-3H3. The van der Waals surface area contributed by atoms with E-state index in [1.54, 1.807) is 0 Å². The van der Waals surface area contributed by atoms with Crippen molar-refractivity contribution in [2.75, 3.05) is 6.61 Å². The van der Waals surface area contributed by atoms with Crippen LogP contribution in [0.3, 0.4) is 0 Å². The summed E-state index contributed by atoms with van der Waals surface area (Å²) < 4.78 is 5.21. The second-order valence-corrected chi connectivity index (χ2v) is 3.62. The molecular formula is C12H15NO. The minimum Gasteiger partial charge on any atom is -0.479 e. The number of aryl methyl sites for hydroxylation is 1. The summed E-state index contributed by atoms with van der Waals surface area (Å²) in [6.07, 6.45) is 0. The summed E-state index contributed by atoms with van der Waals surface area (Å²) >= 11 is 0. The summed E-state index contributed by atoms with van der Waals surface area (Å²) in [5.41, 5.74) is 2.55. The van der Waals surface area contributed by atoms with Crippen LogP contribution >= 0.6 is 0 Å². The molecule has 0 fully saturated rings. The molecule has 1 aromatic carbocycles. The van der Waals surface area contributed by atoms with Crippen LogP contribution in [0.15, 0.2) is 18.2 Å². The summed E-state index contributed by atoms with van der Waals surface area (Å²) in [6, 6.07) is 7.91. The maximum absolute atomic E-state index is 8.36. The van der Waals surface area contributed by atoms with E-state index in [0.29, 0.717) is 5.92 Å². The van der Waals surface area contributed by atoms with E-state index in [-0.39, 0.29) is 6.61 Å². The summed E-state index contributed by atoms with van der Waals surface area (Å²) in [5, 5.41) is 8.36. The Balaban J connectivity index is 2.85.